The zero-order valence-electron chi connectivity index (χ0n) is 17.2. The Balaban J connectivity index is 1.45. The Morgan fingerprint density at radius 1 is 1.23 bits per heavy atom. The van der Waals surface area contributed by atoms with Gasteiger partial charge in [0.2, 0.25) is 10.0 Å². The fourth-order valence-corrected chi connectivity index (χ4v) is 4.63. The highest BCUT2D eigenvalue weighted by Gasteiger charge is 2.31. The molecule has 2 heterocycles. The Morgan fingerprint density at radius 3 is 2.57 bits per heavy atom. The van der Waals surface area contributed by atoms with Crippen molar-refractivity contribution in [2.24, 2.45) is 5.10 Å². The zero-order valence-corrected chi connectivity index (χ0v) is 18.0. The van der Waals surface area contributed by atoms with Gasteiger partial charge in [-0.05, 0) is 49.8 Å². The standard InChI is InChI=1S/C21H26N4O4S/c1-17-5-7-20(8-6-17)30(27,28)25-11-9-24(10-12-25)16-21(26)23-22-15-18(2)14-19-4-3-13-29-19/h3-8,13-15H,9-12,16H2,1-2H3,(H,23,26)/p+1/b18-14+,22-15?. The lowest BCUT2D eigenvalue weighted by Gasteiger charge is -2.31. The van der Waals surface area contributed by atoms with Crippen LogP contribution in [0.5, 0.6) is 0 Å². The number of hydrogen-bond acceptors (Lipinski definition) is 5. The zero-order chi connectivity index (χ0) is 21.6. The number of hydrogen-bond donors (Lipinski definition) is 2. The Labute approximate surface area is 176 Å². The number of nitrogens with one attached hydrogen (secondary N) is 2. The third-order valence-corrected chi connectivity index (χ3v) is 6.78. The first-order valence-electron chi connectivity index (χ1n) is 9.79. The third-order valence-electron chi connectivity index (χ3n) is 4.87. The molecular weight excluding hydrogens is 404 g/mol. The van der Waals surface area contributed by atoms with E-state index in [0.717, 1.165) is 16.0 Å². The predicted octanol–water partition coefficient (Wildman–Crippen LogP) is 0.683. The SMILES string of the molecule is C/C(C=NNC(=O)C[NH+]1CCN(S(=O)(=O)c2ccc(C)cc2)CC1)=C\c1ccco1. The summed E-state index contributed by atoms with van der Waals surface area (Å²) in [7, 11) is -3.49. The summed E-state index contributed by atoms with van der Waals surface area (Å²) in [5, 5.41) is 3.96. The van der Waals surface area contributed by atoms with Gasteiger partial charge in [-0.15, -0.1) is 0 Å². The third kappa shape index (κ3) is 5.88. The molecule has 0 radical (unpaired) electrons. The summed E-state index contributed by atoms with van der Waals surface area (Å²) < 4.78 is 32.2. The van der Waals surface area contributed by atoms with E-state index in [2.05, 4.69) is 10.5 Å². The van der Waals surface area contributed by atoms with Gasteiger partial charge in [0, 0.05) is 0 Å². The first-order chi connectivity index (χ1) is 14.3. The Hall–Kier alpha value is -2.75. The highest BCUT2D eigenvalue weighted by Crippen LogP contribution is 2.16. The van der Waals surface area contributed by atoms with Gasteiger partial charge in [0.1, 0.15) is 5.76 Å². The van der Waals surface area contributed by atoms with E-state index in [-0.39, 0.29) is 12.5 Å². The lowest BCUT2D eigenvalue weighted by molar-refractivity contribution is -0.895. The lowest BCUT2D eigenvalue weighted by atomic mass is 10.2. The summed E-state index contributed by atoms with van der Waals surface area (Å²) in [5.41, 5.74) is 4.38. The minimum absolute atomic E-state index is 0.207. The minimum Gasteiger partial charge on any atom is -0.465 e. The molecule has 0 atom stereocenters. The molecule has 0 bridgehead atoms. The molecule has 0 aliphatic carbocycles. The van der Waals surface area contributed by atoms with E-state index in [4.69, 9.17) is 4.42 Å². The van der Waals surface area contributed by atoms with Crippen LogP contribution < -0.4 is 10.3 Å². The van der Waals surface area contributed by atoms with E-state index in [1.54, 1.807) is 42.8 Å². The van der Waals surface area contributed by atoms with Crippen LogP contribution in [0.15, 0.2) is 62.6 Å². The van der Waals surface area contributed by atoms with E-state index < -0.39 is 10.0 Å². The molecule has 0 saturated carbocycles. The highest BCUT2D eigenvalue weighted by molar-refractivity contribution is 7.89. The van der Waals surface area contributed by atoms with Crippen molar-refractivity contribution in [3.05, 3.63) is 59.6 Å². The van der Waals surface area contributed by atoms with Gasteiger partial charge >= 0.3 is 0 Å². The molecule has 1 aliphatic heterocycles. The molecule has 1 aliphatic rings. The molecule has 1 amide bonds. The second-order valence-corrected chi connectivity index (χ2v) is 9.28. The number of hydrazone groups is 1. The summed E-state index contributed by atoms with van der Waals surface area (Å²) in [5.74, 6) is 0.509. The average Bonchev–Trinajstić information content (AvgIpc) is 3.21. The van der Waals surface area contributed by atoms with E-state index >= 15 is 0 Å². The van der Waals surface area contributed by atoms with E-state index in [0.29, 0.717) is 36.8 Å². The van der Waals surface area contributed by atoms with Gasteiger partial charge < -0.3 is 9.32 Å². The minimum atomic E-state index is -3.49. The highest BCUT2D eigenvalue weighted by atomic mass is 32.2. The van der Waals surface area contributed by atoms with Gasteiger partial charge in [0.05, 0.1) is 43.6 Å². The van der Waals surface area contributed by atoms with Crippen LogP contribution in [-0.2, 0) is 14.8 Å². The maximum atomic E-state index is 12.8. The van der Waals surface area contributed by atoms with Crippen molar-refractivity contribution in [1.29, 1.82) is 0 Å². The second kappa shape index (κ2) is 9.84. The number of rotatable bonds is 7. The van der Waals surface area contributed by atoms with Crippen molar-refractivity contribution in [1.82, 2.24) is 9.73 Å². The Morgan fingerprint density at radius 2 is 1.93 bits per heavy atom. The summed E-state index contributed by atoms with van der Waals surface area (Å²) in [4.78, 5) is 13.5. The summed E-state index contributed by atoms with van der Waals surface area (Å²) in [6.45, 7) is 5.93. The van der Waals surface area contributed by atoms with Gasteiger partial charge in [-0.1, -0.05) is 17.7 Å². The average molecular weight is 432 g/mol. The molecule has 2 N–H and O–H groups in total. The molecule has 1 fully saturated rings. The molecule has 1 aromatic heterocycles. The molecule has 1 aromatic carbocycles. The van der Waals surface area contributed by atoms with Crippen molar-refractivity contribution in [2.75, 3.05) is 32.7 Å². The number of carbonyl (C=O) groups is 1. The smallest absolute Gasteiger partial charge is 0.295 e. The van der Waals surface area contributed by atoms with Crippen LogP contribution >= 0.6 is 0 Å². The number of allylic oxidation sites excluding steroid dienone is 1. The fraction of sp³-hybridized carbons (Fsp3) is 0.333. The fourth-order valence-electron chi connectivity index (χ4n) is 3.19. The van der Waals surface area contributed by atoms with Crippen molar-refractivity contribution < 1.29 is 22.5 Å². The van der Waals surface area contributed by atoms with Crippen LogP contribution in [0.2, 0.25) is 0 Å². The summed E-state index contributed by atoms with van der Waals surface area (Å²) >= 11 is 0. The summed E-state index contributed by atoms with van der Waals surface area (Å²) in [6.07, 6.45) is 4.96. The molecule has 160 valence electrons. The number of nitrogens with zero attached hydrogens (tertiary/aromatic N) is 2. The predicted molar refractivity (Wildman–Crippen MR) is 114 cm³/mol. The molecule has 2 aromatic rings. The molecule has 0 unspecified atom stereocenters. The maximum Gasteiger partial charge on any atom is 0.295 e. The number of benzene rings is 1. The second-order valence-electron chi connectivity index (χ2n) is 7.34. The van der Waals surface area contributed by atoms with Crippen LogP contribution in [0.4, 0.5) is 0 Å². The van der Waals surface area contributed by atoms with Crippen molar-refractivity contribution in [2.45, 2.75) is 18.7 Å². The normalized spacial score (nSPS) is 16.8. The lowest BCUT2D eigenvalue weighted by Crippen LogP contribution is -3.15. The van der Waals surface area contributed by atoms with Gasteiger partial charge in [0.25, 0.3) is 5.91 Å². The topological polar surface area (TPSA) is 96.4 Å². The van der Waals surface area contributed by atoms with Gasteiger partial charge in [0.15, 0.2) is 6.54 Å². The summed E-state index contributed by atoms with van der Waals surface area (Å²) in [6, 6.07) is 10.5. The number of amides is 1. The number of quaternary nitrogens is 1. The van der Waals surface area contributed by atoms with Crippen LogP contribution in [-0.4, -0.2) is 57.6 Å². The molecule has 30 heavy (non-hydrogen) atoms. The first-order valence-corrected chi connectivity index (χ1v) is 11.2. The van der Waals surface area contributed by atoms with Crippen molar-refractivity contribution >= 4 is 28.2 Å². The first kappa shape index (κ1) is 21.9. The van der Waals surface area contributed by atoms with E-state index in [1.807, 2.05) is 26.0 Å². The maximum absolute atomic E-state index is 12.8. The number of sulfonamides is 1. The molecule has 9 heteroatoms. The number of carbonyl (C=O) groups excluding carboxylic acids is 1. The molecule has 1 saturated heterocycles. The van der Waals surface area contributed by atoms with E-state index in [1.165, 1.54) is 4.31 Å². The van der Waals surface area contributed by atoms with Gasteiger partial charge in [-0.2, -0.15) is 9.41 Å². The largest absolute Gasteiger partial charge is 0.465 e. The number of aryl methyl sites for hydroxylation is 1. The van der Waals surface area contributed by atoms with Crippen molar-refractivity contribution in [3.8, 4) is 0 Å². The quantitative estimate of drug-likeness (QED) is 0.498. The van der Waals surface area contributed by atoms with Crippen LogP contribution in [0.1, 0.15) is 18.2 Å². The number of piperazine rings is 1. The van der Waals surface area contributed by atoms with Crippen LogP contribution in [0, 0.1) is 6.92 Å². The van der Waals surface area contributed by atoms with Crippen LogP contribution in [0.25, 0.3) is 6.08 Å². The monoisotopic (exact) mass is 431 g/mol. The Kier molecular flexibility index (Phi) is 7.20. The molecular formula is C21H27N4O4S+. The van der Waals surface area contributed by atoms with Gasteiger partial charge in [-0.3, -0.25) is 4.79 Å². The number of furan rings is 1. The van der Waals surface area contributed by atoms with Crippen molar-refractivity contribution in [3.63, 3.8) is 0 Å². The molecule has 3 rings (SSSR count). The Bertz CT molecular complexity index is 1000. The molecule has 8 nitrogen and oxygen atoms in total. The van der Waals surface area contributed by atoms with Gasteiger partial charge in [-0.25, -0.2) is 13.8 Å². The van der Waals surface area contributed by atoms with Crippen LogP contribution in [0.3, 0.4) is 0 Å². The van der Waals surface area contributed by atoms with E-state index in [9.17, 15) is 13.2 Å². The molecule has 0 spiro atoms.